The van der Waals surface area contributed by atoms with Gasteiger partial charge in [0, 0.05) is 19.1 Å². The first-order valence-corrected chi connectivity index (χ1v) is 11.4. The minimum atomic E-state index is -0.317. The number of ether oxygens (including phenoxy) is 1. The van der Waals surface area contributed by atoms with Gasteiger partial charge in [0.15, 0.2) is 0 Å². The Kier molecular flexibility index (Phi) is 10.5. The van der Waals surface area contributed by atoms with Crippen LogP contribution in [0, 0.1) is 5.92 Å². The van der Waals surface area contributed by atoms with Gasteiger partial charge in [0.05, 0.1) is 6.61 Å². The third-order valence-electron chi connectivity index (χ3n) is 5.47. The molecule has 0 aromatic heterocycles. The third-order valence-corrected chi connectivity index (χ3v) is 5.47. The molecule has 0 aliphatic carbocycles. The monoisotopic (exact) mass is 443 g/mol. The van der Waals surface area contributed by atoms with E-state index in [1.807, 2.05) is 29.2 Å². The lowest BCUT2D eigenvalue weighted by atomic mass is 10.0. The largest absolute Gasteiger partial charge is 0.493 e. The molecule has 2 rings (SSSR count). The molecule has 0 bridgehead atoms. The summed E-state index contributed by atoms with van der Waals surface area (Å²) < 4.78 is 19.2. The van der Waals surface area contributed by atoms with Crippen molar-refractivity contribution in [3.8, 4) is 5.75 Å². The molecular formula is C26H38FN3O2. The topological polar surface area (TPSA) is 44.8 Å². The van der Waals surface area contributed by atoms with E-state index in [9.17, 15) is 9.18 Å². The van der Waals surface area contributed by atoms with Crippen LogP contribution in [-0.4, -0.2) is 55.2 Å². The van der Waals surface area contributed by atoms with E-state index in [1.54, 1.807) is 13.0 Å². The first-order valence-electron chi connectivity index (χ1n) is 11.4. The van der Waals surface area contributed by atoms with Crippen molar-refractivity contribution in [1.29, 1.82) is 0 Å². The average Bonchev–Trinajstić information content (AvgIpc) is 2.79. The Morgan fingerprint density at radius 2 is 1.94 bits per heavy atom. The number of piperidine rings is 1. The first-order chi connectivity index (χ1) is 15.3. The molecule has 1 saturated heterocycles. The van der Waals surface area contributed by atoms with Gasteiger partial charge >= 0.3 is 6.03 Å². The number of halogens is 1. The second-order valence-electron chi connectivity index (χ2n) is 8.84. The molecule has 1 aromatic rings. The molecule has 1 N–H and O–H groups in total. The lowest BCUT2D eigenvalue weighted by Gasteiger charge is -2.37. The van der Waals surface area contributed by atoms with E-state index in [2.05, 4.69) is 37.7 Å². The molecule has 1 aromatic carbocycles. The van der Waals surface area contributed by atoms with Crippen molar-refractivity contribution in [2.45, 2.75) is 46.2 Å². The predicted molar refractivity (Wildman–Crippen MR) is 129 cm³/mol. The van der Waals surface area contributed by atoms with Gasteiger partial charge in [-0.2, -0.15) is 0 Å². The fourth-order valence-electron chi connectivity index (χ4n) is 3.48. The lowest BCUT2D eigenvalue weighted by Crippen LogP contribution is -2.50. The molecule has 1 heterocycles. The first kappa shape index (κ1) is 25.7. The van der Waals surface area contributed by atoms with Gasteiger partial charge in [-0.25, -0.2) is 9.18 Å². The maximum atomic E-state index is 13.4. The van der Waals surface area contributed by atoms with Crippen molar-refractivity contribution >= 4 is 6.03 Å². The second kappa shape index (κ2) is 13.1. The van der Waals surface area contributed by atoms with Crippen LogP contribution in [0.2, 0.25) is 0 Å². The molecule has 0 saturated carbocycles. The highest BCUT2D eigenvalue weighted by molar-refractivity contribution is 5.75. The molecule has 176 valence electrons. The van der Waals surface area contributed by atoms with Gasteiger partial charge in [-0.05, 0) is 75.2 Å². The summed E-state index contributed by atoms with van der Waals surface area (Å²) >= 11 is 0. The van der Waals surface area contributed by atoms with E-state index in [-0.39, 0.29) is 17.9 Å². The minimum Gasteiger partial charge on any atom is -0.493 e. The maximum Gasteiger partial charge on any atom is 0.318 e. The fourth-order valence-corrected chi connectivity index (χ4v) is 3.48. The van der Waals surface area contributed by atoms with E-state index in [4.69, 9.17) is 4.74 Å². The normalized spacial score (nSPS) is 15.9. The average molecular weight is 444 g/mol. The molecule has 0 spiro atoms. The molecule has 2 amide bonds. The number of nitrogens with zero attached hydrogens (tertiary/aromatic N) is 2. The van der Waals surface area contributed by atoms with Crippen molar-refractivity contribution in [2.24, 2.45) is 5.92 Å². The van der Waals surface area contributed by atoms with Crippen molar-refractivity contribution in [1.82, 2.24) is 15.1 Å². The molecule has 0 atom stereocenters. The Bertz CT molecular complexity index is 794. The third kappa shape index (κ3) is 8.87. The number of rotatable bonds is 10. The number of hydrogen-bond acceptors (Lipinski definition) is 3. The van der Waals surface area contributed by atoms with Crippen LogP contribution in [0.5, 0.6) is 5.75 Å². The summed E-state index contributed by atoms with van der Waals surface area (Å²) in [5, 5.41) is 3.04. The van der Waals surface area contributed by atoms with Gasteiger partial charge < -0.3 is 19.9 Å². The van der Waals surface area contributed by atoms with Crippen molar-refractivity contribution in [2.75, 3.05) is 33.3 Å². The van der Waals surface area contributed by atoms with Crippen LogP contribution in [0.1, 0.15) is 39.2 Å². The van der Waals surface area contributed by atoms with Crippen LogP contribution in [-0.2, 0) is 6.54 Å². The molecule has 1 aliphatic heterocycles. The standard InChI is InChI=1S/C26H38FN3O2/c1-6-23(27)10-7-21(4)18-30(24-13-15-29(5)16-14-24)26(31)28-17-22-8-11-25(12-9-22)32-19-20(2)3/h6-12,20,24H,4,13-19H2,1-3,5H3,(H,28,31)/b10-7-,23-6+. The number of benzene rings is 1. The summed E-state index contributed by atoms with van der Waals surface area (Å²) in [6, 6.07) is 7.81. The van der Waals surface area contributed by atoms with Gasteiger partial charge in [0.2, 0.25) is 0 Å². The zero-order valence-electron chi connectivity index (χ0n) is 19.9. The zero-order valence-corrected chi connectivity index (χ0v) is 19.9. The van der Waals surface area contributed by atoms with Crippen molar-refractivity contribution in [3.63, 3.8) is 0 Å². The van der Waals surface area contributed by atoms with Crippen LogP contribution in [0.15, 0.2) is 60.5 Å². The Balaban J connectivity index is 1.99. The van der Waals surface area contributed by atoms with Crippen LogP contribution in [0.25, 0.3) is 0 Å². The molecule has 1 fully saturated rings. The summed E-state index contributed by atoms with van der Waals surface area (Å²) in [6.07, 6.45) is 6.23. The Morgan fingerprint density at radius 3 is 2.53 bits per heavy atom. The number of amides is 2. The predicted octanol–water partition coefficient (Wildman–Crippen LogP) is 5.31. The van der Waals surface area contributed by atoms with Gasteiger partial charge in [-0.1, -0.05) is 44.7 Å². The molecule has 32 heavy (non-hydrogen) atoms. The number of carbonyl (C=O) groups excluding carboxylic acids is 1. The molecule has 0 unspecified atom stereocenters. The number of carbonyl (C=O) groups is 1. The maximum absolute atomic E-state index is 13.4. The zero-order chi connectivity index (χ0) is 23.5. The number of nitrogens with one attached hydrogen (secondary N) is 1. The molecule has 0 radical (unpaired) electrons. The highest BCUT2D eigenvalue weighted by Gasteiger charge is 2.27. The number of likely N-dealkylation sites (tertiary alicyclic amines) is 1. The van der Waals surface area contributed by atoms with E-state index < -0.39 is 0 Å². The fraction of sp³-hybridized carbons (Fsp3) is 0.500. The van der Waals surface area contributed by atoms with Gasteiger partial charge in [0.25, 0.3) is 0 Å². The quantitative estimate of drug-likeness (QED) is 0.498. The summed E-state index contributed by atoms with van der Waals surface area (Å²) in [5.41, 5.74) is 1.70. The number of urea groups is 1. The summed E-state index contributed by atoms with van der Waals surface area (Å²) in [6.45, 7) is 13.3. The highest BCUT2D eigenvalue weighted by atomic mass is 19.1. The molecule has 6 heteroatoms. The summed E-state index contributed by atoms with van der Waals surface area (Å²) in [4.78, 5) is 17.2. The Hall–Kier alpha value is -2.60. The van der Waals surface area contributed by atoms with E-state index in [0.717, 1.165) is 37.2 Å². The highest BCUT2D eigenvalue weighted by Crippen LogP contribution is 2.18. The Labute approximate surface area is 192 Å². The van der Waals surface area contributed by atoms with E-state index in [0.29, 0.717) is 31.2 Å². The SMILES string of the molecule is C=C(/C=C\C(F)=C/C)CN(C(=O)NCc1ccc(OCC(C)C)cc1)C1CCN(C)CC1. The lowest BCUT2D eigenvalue weighted by molar-refractivity contribution is 0.137. The van der Waals surface area contributed by atoms with Crippen LogP contribution in [0.4, 0.5) is 9.18 Å². The van der Waals surface area contributed by atoms with Crippen molar-refractivity contribution < 1.29 is 13.9 Å². The number of hydrogen-bond donors (Lipinski definition) is 1. The van der Waals surface area contributed by atoms with Crippen LogP contribution < -0.4 is 10.1 Å². The van der Waals surface area contributed by atoms with Crippen molar-refractivity contribution in [3.05, 3.63) is 66.0 Å². The summed E-state index contributed by atoms with van der Waals surface area (Å²) in [5.74, 6) is 0.985. The summed E-state index contributed by atoms with van der Waals surface area (Å²) in [7, 11) is 2.09. The van der Waals surface area contributed by atoms with Crippen LogP contribution >= 0.6 is 0 Å². The smallest absolute Gasteiger partial charge is 0.318 e. The van der Waals surface area contributed by atoms with Gasteiger partial charge in [-0.3, -0.25) is 0 Å². The number of allylic oxidation sites excluding steroid dienone is 3. The minimum absolute atomic E-state index is 0.124. The second-order valence-corrected chi connectivity index (χ2v) is 8.84. The molecule has 5 nitrogen and oxygen atoms in total. The van der Waals surface area contributed by atoms with Crippen LogP contribution in [0.3, 0.4) is 0 Å². The molecule has 1 aliphatic rings. The Morgan fingerprint density at radius 1 is 1.28 bits per heavy atom. The van der Waals surface area contributed by atoms with Gasteiger partial charge in [-0.15, -0.1) is 0 Å². The molecular weight excluding hydrogens is 405 g/mol. The van der Waals surface area contributed by atoms with E-state index >= 15 is 0 Å². The van der Waals surface area contributed by atoms with E-state index in [1.165, 1.54) is 12.2 Å². The van der Waals surface area contributed by atoms with Gasteiger partial charge in [0.1, 0.15) is 11.6 Å².